The Morgan fingerprint density at radius 1 is 1.17 bits per heavy atom. The maximum Gasteiger partial charge on any atom is 0.416 e. The van der Waals surface area contributed by atoms with Crippen LogP contribution in [0.15, 0.2) is 12.1 Å². The molecule has 2 unspecified atom stereocenters. The number of aliphatic hydroxyl groups is 2. The van der Waals surface area contributed by atoms with Crippen molar-refractivity contribution in [1.29, 1.82) is 0 Å². The lowest BCUT2D eigenvalue weighted by atomic mass is 10.0. The fourth-order valence-electron chi connectivity index (χ4n) is 1.35. The second-order valence-corrected chi connectivity index (χ2v) is 4.41. The average molecular weight is 304 g/mol. The molecule has 0 saturated carbocycles. The quantitative estimate of drug-likeness (QED) is 0.803. The summed E-state index contributed by atoms with van der Waals surface area (Å²) >= 11 is 11.3. The van der Waals surface area contributed by atoms with Crippen LogP contribution < -0.4 is 5.73 Å². The molecular weight excluding hydrogens is 294 g/mol. The third kappa shape index (κ3) is 3.27. The molecule has 0 fully saturated rings. The fraction of sp³-hybridized carbons (Fsp3) is 0.400. The first-order valence-electron chi connectivity index (χ1n) is 4.80. The fourth-order valence-corrected chi connectivity index (χ4v) is 2.06. The molecule has 1 aromatic carbocycles. The van der Waals surface area contributed by atoms with Gasteiger partial charge in [-0.1, -0.05) is 23.2 Å². The van der Waals surface area contributed by atoms with Gasteiger partial charge in [-0.15, -0.1) is 0 Å². The molecule has 0 radical (unpaired) electrons. The predicted molar refractivity (Wildman–Crippen MR) is 61.5 cm³/mol. The Kier molecular flexibility index (Phi) is 4.85. The van der Waals surface area contributed by atoms with Gasteiger partial charge in [0, 0.05) is 22.2 Å². The Morgan fingerprint density at radius 3 is 1.94 bits per heavy atom. The van der Waals surface area contributed by atoms with Crippen LogP contribution in [-0.2, 0) is 6.18 Å². The average Bonchev–Trinajstić information content (AvgIpc) is 2.25. The lowest BCUT2D eigenvalue weighted by Crippen LogP contribution is -2.27. The molecule has 0 bridgehead atoms. The van der Waals surface area contributed by atoms with E-state index in [1.54, 1.807) is 0 Å². The zero-order chi connectivity index (χ0) is 14.1. The molecule has 0 heterocycles. The normalized spacial score (nSPS) is 15.6. The van der Waals surface area contributed by atoms with Crippen molar-refractivity contribution in [2.24, 2.45) is 5.73 Å². The van der Waals surface area contributed by atoms with Crippen molar-refractivity contribution in [3.05, 3.63) is 33.3 Å². The van der Waals surface area contributed by atoms with E-state index in [4.69, 9.17) is 28.9 Å². The standard InChI is InChI=1S/C10H10Cl2F3NO2/c11-5-1-4(10(13,14)15)2-6(12)8(5)9(18)7(17)3-16/h1-2,7,9,17-18H,3,16H2. The van der Waals surface area contributed by atoms with Crippen LogP contribution in [0.1, 0.15) is 17.2 Å². The monoisotopic (exact) mass is 303 g/mol. The van der Waals surface area contributed by atoms with Crippen molar-refractivity contribution in [3.8, 4) is 0 Å². The molecule has 102 valence electrons. The Bertz CT molecular complexity index is 417. The SMILES string of the molecule is NCC(O)C(O)c1c(Cl)cc(C(F)(F)F)cc1Cl. The second kappa shape index (κ2) is 5.63. The van der Waals surface area contributed by atoms with Crippen LogP contribution in [0.25, 0.3) is 0 Å². The molecule has 3 nitrogen and oxygen atoms in total. The summed E-state index contributed by atoms with van der Waals surface area (Å²) in [6, 6.07) is 1.27. The van der Waals surface area contributed by atoms with E-state index in [1.165, 1.54) is 0 Å². The van der Waals surface area contributed by atoms with E-state index in [9.17, 15) is 23.4 Å². The maximum atomic E-state index is 12.5. The van der Waals surface area contributed by atoms with Gasteiger partial charge in [0.25, 0.3) is 0 Å². The highest BCUT2D eigenvalue weighted by Gasteiger charge is 2.33. The van der Waals surface area contributed by atoms with Gasteiger partial charge < -0.3 is 15.9 Å². The van der Waals surface area contributed by atoms with Crippen molar-refractivity contribution in [3.63, 3.8) is 0 Å². The van der Waals surface area contributed by atoms with Crippen molar-refractivity contribution >= 4 is 23.2 Å². The van der Waals surface area contributed by atoms with Crippen LogP contribution in [0, 0.1) is 0 Å². The van der Waals surface area contributed by atoms with Gasteiger partial charge in [-0.3, -0.25) is 0 Å². The third-order valence-corrected chi connectivity index (χ3v) is 2.93. The number of aliphatic hydroxyl groups excluding tert-OH is 2. The molecule has 8 heteroatoms. The molecule has 1 aromatic rings. The van der Waals surface area contributed by atoms with E-state index < -0.39 is 23.9 Å². The number of hydrogen-bond acceptors (Lipinski definition) is 3. The van der Waals surface area contributed by atoms with E-state index in [0.717, 1.165) is 0 Å². The predicted octanol–water partition coefficient (Wildman–Crippen LogP) is 2.37. The number of rotatable bonds is 3. The van der Waals surface area contributed by atoms with Crippen molar-refractivity contribution < 1.29 is 23.4 Å². The highest BCUT2D eigenvalue weighted by atomic mass is 35.5. The van der Waals surface area contributed by atoms with Crippen molar-refractivity contribution in [2.45, 2.75) is 18.4 Å². The molecule has 0 aliphatic heterocycles. The molecule has 0 spiro atoms. The summed E-state index contributed by atoms with van der Waals surface area (Å²) in [5.74, 6) is 0. The van der Waals surface area contributed by atoms with Crippen LogP contribution in [0.3, 0.4) is 0 Å². The van der Waals surface area contributed by atoms with Gasteiger partial charge in [0.05, 0.1) is 11.7 Å². The van der Waals surface area contributed by atoms with Crippen LogP contribution in [0.4, 0.5) is 13.2 Å². The minimum atomic E-state index is -4.59. The number of nitrogens with two attached hydrogens (primary N) is 1. The van der Waals surface area contributed by atoms with Gasteiger partial charge in [0.15, 0.2) is 0 Å². The molecule has 0 aromatic heterocycles. The summed E-state index contributed by atoms with van der Waals surface area (Å²) < 4.78 is 37.4. The van der Waals surface area contributed by atoms with Crippen molar-refractivity contribution in [2.75, 3.05) is 6.54 Å². The summed E-state index contributed by atoms with van der Waals surface area (Å²) in [5, 5.41) is 18.2. The summed E-state index contributed by atoms with van der Waals surface area (Å²) in [5.41, 5.74) is 3.93. The number of halogens is 5. The largest absolute Gasteiger partial charge is 0.416 e. The van der Waals surface area contributed by atoms with Crippen LogP contribution in [0.2, 0.25) is 10.0 Å². The van der Waals surface area contributed by atoms with E-state index in [1.807, 2.05) is 0 Å². The molecule has 4 N–H and O–H groups in total. The molecule has 18 heavy (non-hydrogen) atoms. The Hall–Kier alpha value is -0.530. The summed E-state index contributed by atoms with van der Waals surface area (Å²) in [4.78, 5) is 0. The summed E-state index contributed by atoms with van der Waals surface area (Å²) in [6.07, 6.45) is -7.50. The lowest BCUT2D eigenvalue weighted by molar-refractivity contribution is -0.137. The van der Waals surface area contributed by atoms with E-state index >= 15 is 0 Å². The molecule has 0 saturated heterocycles. The minimum Gasteiger partial charge on any atom is -0.389 e. The molecular formula is C10H10Cl2F3NO2. The van der Waals surface area contributed by atoms with Crippen LogP contribution in [-0.4, -0.2) is 22.9 Å². The van der Waals surface area contributed by atoms with Gasteiger partial charge in [-0.25, -0.2) is 0 Å². The zero-order valence-corrected chi connectivity index (χ0v) is 10.4. The molecule has 0 aliphatic carbocycles. The molecule has 2 atom stereocenters. The topological polar surface area (TPSA) is 66.5 Å². The lowest BCUT2D eigenvalue weighted by Gasteiger charge is -2.20. The molecule has 0 amide bonds. The molecule has 0 aliphatic rings. The minimum absolute atomic E-state index is 0.177. The van der Waals surface area contributed by atoms with Crippen LogP contribution >= 0.6 is 23.2 Å². The third-order valence-electron chi connectivity index (χ3n) is 2.31. The zero-order valence-electron chi connectivity index (χ0n) is 8.88. The first-order valence-corrected chi connectivity index (χ1v) is 5.56. The summed E-state index contributed by atoms with van der Waals surface area (Å²) in [7, 11) is 0. The van der Waals surface area contributed by atoms with Gasteiger partial charge in [-0.2, -0.15) is 13.2 Å². The van der Waals surface area contributed by atoms with Crippen molar-refractivity contribution in [1.82, 2.24) is 0 Å². The second-order valence-electron chi connectivity index (χ2n) is 3.60. The van der Waals surface area contributed by atoms with Gasteiger partial charge in [0.1, 0.15) is 6.10 Å². The number of hydrogen-bond donors (Lipinski definition) is 3. The smallest absolute Gasteiger partial charge is 0.389 e. The highest BCUT2D eigenvalue weighted by molar-refractivity contribution is 6.36. The van der Waals surface area contributed by atoms with Gasteiger partial charge in [-0.05, 0) is 12.1 Å². The highest BCUT2D eigenvalue weighted by Crippen LogP contribution is 2.38. The Balaban J connectivity index is 3.25. The first-order chi connectivity index (χ1) is 8.18. The Labute approximate surface area is 111 Å². The van der Waals surface area contributed by atoms with E-state index in [2.05, 4.69) is 0 Å². The molecule has 1 rings (SSSR count). The first kappa shape index (κ1) is 15.5. The van der Waals surface area contributed by atoms with E-state index in [0.29, 0.717) is 12.1 Å². The van der Waals surface area contributed by atoms with Crippen LogP contribution in [0.5, 0.6) is 0 Å². The summed E-state index contributed by atoms with van der Waals surface area (Å²) in [6.45, 7) is -0.283. The van der Waals surface area contributed by atoms with E-state index in [-0.39, 0.29) is 22.2 Å². The van der Waals surface area contributed by atoms with Gasteiger partial charge >= 0.3 is 6.18 Å². The number of benzene rings is 1. The maximum absolute atomic E-state index is 12.5. The van der Waals surface area contributed by atoms with Gasteiger partial charge in [0.2, 0.25) is 0 Å². The Morgan fingerprint density at radius 2 is 1.61 bits per heavy atom. The number of alkyl halides is 3.